The van der Waals surface area contributed by atoms with Crippen LogP contribution in [0.1, 0.15) is 24.3 Å². The highest BCUT2D eigenvalue weighted by atomic mass is 16.4. The van der Waals surface area contributed by atoms with E-state index in [9.17, 15) is 4.79 Å². The predicted octanol–water partition coefficient (Wildman–Crippen LogP) is 1.20. The van der Waals surface area contributed by atoms with Gasteiger partial charge in [-0.05, 0) is 36.9 Å². The van der Waals surface area contributed by atoms with E-state index in [0.717, 1.165) is 18.5 Å². The summed E-state index contributed by atoms with van der Waals surface area (Å²) in [5.74, 6) is -0.450. The molecule has 1 fully saturated rings. The molecule has 0 amide bonds. The number of nitrogens with one attached hydrogen (secondary N) is 1. The molecule has 0 bridgehead atoms. The second-order valence-electron chi connectivity index (χ2n) is 3.62. The molecule has 2 N–H and O–H groups in total. The maximum atomic E-state index is 10.8. The first-order chi connectivity index (χ1) is 6.77. The van der Waals surface area contributed by atoms with Gasteiger partial charge in [-0.3, -0.25) is 4.79 Å². The molecule has 1 aliphatic rings. The van der Waals surface area contributed by atoms with E-state index in [4.69, 9.17) is 9.52 Å². The lowest BCUT2D eigenvalue weighted by molar-refractivity contribution is -0.140. The lowest BCUT2D eigenvalue weighted by Gasteiger charge is -2.26. The predicted molar refractivity (Wildman–Crippen MR) is 50.1 cm³/mol. The maximum absolute atomic E-state index is 10.8. The smallest absolute Gasteiger partial charge is 0.320 e. The van der Waals surface area contributed by atoms with Crippen LogP contribution in [0.15, 0.2) is 23.0 Å². The van der Waals surface area contributed by atoms with E-state index in [-0.39, 0.29) is 0 Å². The van der Waals surface area contributed by atoms with Gasteiger partial charge in [0.25, 0.3) is 0 Å². The molecule has 1 aromatic rings. The molecule has 76 valence electrons. The first-order valence-corrected chi connectivity index (χ1v) is 4.75. The molecular formula is C10H13NO3. The van der Waals surface area contributed by atoms with E-state index in [1.165, 1.54) is 0 Å². The topological polar surface area (TPSA) is 62.5 Å². The molecule has 0 saturated carbocycles. The van der Waals surface area contributed by atoms with Crippen molar-refractivity contribution in [2.24, 2.45) is 0 Å². The number of carbonyl (C=O) groups is 1. The van der Waals surface area contributed by atoms with Crippen LogP contribution in [-0.4, -0.2) is 23.7 Å². The molecule has 14 heavy (non-hydrogen) atoms. The van der Waals surface area contributed by atoms with Crippen LogP contribution in [0.4, 0.5) is 0 Å². The van der Waals surface area contributed by atoms with Crippen LogP contribution >= 0.6 is 0 Å². The number of piperidine rings is 1. The minimum atomic E-state index is -0.766. The zero-order valence-corrected chi connectivity index (χ0v) is 7.77. The number of aliphatic carboxylic acids is 1. The molecule has 0 aromatic carbocycles. The van der Waals surface area contributed by atoms with Crippen molar-refractivity contribution in [3.05, 3.63) is 24.2 Å². The standard InChI is InChI=1S/C10H13NO3/c12-10(13)9-5-7(1-3-11-9)8-2-4-14-6-8/h2,4,6-7,9,11H,1,3,5H2,(H,12,13). The Morgan fingerprint density at radius 1 is 1.64 bits per heavy atom. The molecule has 2 rings (SSSR count). The Morgan fingerprint density at radius 2 is 2.50 bits per heavy atom. The molecule has 0 aliphatic carbocycles. The van der Waals surface area contributed by atoms with Crippen molar-refractivity contribution in [1.82, 2.24) is 5.32 Å². The van der Waals surface area contributed by atoms with Gasteiger partial charge in [0.05, 0.1) is 12.5 Å². The fourth-order valence-corrected chi connectivity index (χ4v) is 1.92. The maximum Gasteiger partial charge on any atom is 0.320 e. The van der Waals surface area contributed by atoms with Gasteiger partial charge in [-0.15, -0.1) is 0 Å². The van der Waals surface area contributed by atoms with Gasteiger partial charge in [0, 0.05) is 0 Å². The second-order valence-corrected chi connectivity index (χ2v) is 3.62. The molecule has 1 saturated heterocycles. The van der Waals surface area contributed by atoms with Crippen molar-refractivity contribution in [1.29, 1.82) is 0 Å². The van der Waals surface area contributed by atoms with Gasteiger partial charge in [-0.1, -0.05) is 0 Å². The van der Waals surface area contributed by atoms with Gasteiger partial charge in [0.15, 0.2) is 0 Å². The molecule has 4 nitrogen and oxygen atoms in total. The van der Waals surface area contributed by atoms with Crippen LogP contribution in [0, 0.1) is 0 Å². The quantitative estimate of drug-likeness (QED) is 0.744. The fourth-order valence-electron chi connectivity index (χ4n) is 1.92. The van der Waals surface area contributed by atoms with Crippen LogP contribution in [-0.2, 0) is 4.79 Å². The number of rotatable bonds is 2. The van der Waals surface area contributed by atoms with Gasteiger partial charge in [0.1, 0.15) is 6.04 Å². The summed E-state index contributed by atoms with van der Waals surface area (Å²) in [5, 5.41) is 11.8. The lowest BCUT2D eigenvalue weighted by Crippen LogP contribution is -2.42. The van der Waals surface area contributed by atoms with Crippen molar-refractivity contribution in [3.8, 4) is 0 Å². The third-order valence-corrected chi connectivity index (χ3v) is 2.72. The SMILES string of the molecule is O=C(O)C1CC(c2ccoc2)CCN1. The zero-order valence-electron chi connectivity index (χ0n) is 7.77. The fraction of sp³-hybridized carbons (Fsp3) is 0.500. The largest absolute Gasteiger partial charge is 0.480 e. The average Bonchev–Trinajstić information content (AvgIpc) is 2.71. The first-order valence-electron chi connectivity index (χ1n) is 4.75. The number of hydrogen-bond donors (Lipinski definition) is 2. The molecule has 4 heteroatoms. The van der Waals surface area contributed by atoms with E-state index < -0.39 is 12.0 Å². The summed E-state index contributed by atoms with van der Waals surface area (Å²) in [4.78, 5) is 10.8. The Labute approximate surface area is 81.9 Å². The van der Waals surface area contributed by atoms with Crippen LogP contribution in [0.25, 0.3) is 0 Å². The van der Waals surface area contributed by atoms with Crippen molar-refractivity contribution < 1.29 is 14.3 Å². The van der Waals surface area contributed by atoms with Crippen molar-refractivity contribution >= 4 is 5.97 Å². The van der Waals surface area contributed by atoms with E-state index >= 15 is 0 Å². The van der Waals surface area contributed by atoms with Gasteiger partial charge in [-0.2, -0.15) is 0 Å². The highest BCUT2D eigenvalue weighted by Crippen LogP contribution is 2.27. The van der Waals surface area contributed by atoms with Crippen LogP contribution < -0.4 is 5.32 Å². The van der Waals surface area contributed by atoms with Crippen LogP contribution in [0.3, 0.4) is 0 Å². The van der Waals surface area contributed by atoms with Crippen molar-refractivity contribution in [3.63, 3.8) is 0 Å². The molecule has 0 radical (unpaired) electrons. The highest BCUT2D eigenvalue weighted by molar-refractivity contribution is 5.73. The highest BCUT2D eigenvalue weighted by Gasteiger charge is 2.27. The Kier molecular flexibility index (Phi) is 2.54. The number of hydrogen-bond acceptors (Lipinski definition) is 3. The summed E-state index contributed by atoms with van der Waals surface area (Å²) in [6.07, 6.45) is 4.96. The molecule has 1 aliphatic heterocycles. The number of carboxylic acids is 1. The third-order valence-electron chi connectivity index (χ3n) is 2.72. The molecule has 2 atom stereocenters. The minimum Gasteiger partial charge on any atom is -0.480 e. The third kappa shape index (κ3) is 1.80. The monoisotopic (exact) mass is 195 g/mol. The van der Waals surface area contributed by atoms with E-state index in [0.29, 0.717) is 12.3 Å². The van der Waals surface area contributed by atoms with Crippen molar-refractivity contribution in [2.75, 3.05) is 6.54 Å². The lowest BCUT2D eigenvalue weighted by atomic mass is 9.88. The minimum absolute atomic E-state index is 0.316. The van der Waals surface area contributed by atoms with Crippen LogP contribution in [0.5, 0.6) is 0 Å². The Morgan fingerprint density at radius 3 is 3.14 bits per heavy atom. The molecule has 2 unspecified atom stereocenters. The van der Waals surface area contributed by atoms with Crippen LogP contribution in [0.2, 0.25) is 0 Å². The molecule has 1 aromatic heterocycles. The second kappa shape index (κ2) is 3.84. The zero-order chi connectivity index (χ0) is 9.97. The summed E-state index contributed by atoms with van der Waals surface area (Å²) in [6.45, 7) is 0.757. The van der Waals surface area contributed by atoms with Gasteiger partial charge < -0.3 is 14.8 Å². The van der Waals surface area contributed by atoms with Gasteiger partial charge >= 0.3 is 5.97 Å². The summed E-state index contributed by atoms with van der Waals surface area (Å²) in [7, 11) is 0. The number of carboxylic acid groups (broad SMARTS) is 1. The van der Waals surface area contributed by atoms with E-state index in [2.05, 4.69) is 5.32 Å². The summed E-state index contributed by atoms with van der Waals surface area (Å²) in [5.41, 5.74) is 1.11. The summed E-state index contributed by atoms with van der Waals surface area (Å²) < 4.78 is 5.00. The van der Waals surface area contributed by atoms with E-state index in [1.807, 2.05) is 6.07 Å². The number of furan rings is 1. The normalized spacial score (nSPS) is 27.4. The Hall–Kier alpha value is -1.29. The van der Waals surface area contributed by atoms with Crippen molar-refractivity contribution in [2.45, 2.75) is 24.8 Å². The molecule has 0 spiro atoms. The summed E-state index contributed by atoms with van der Waals surface area (Å²) in [6, 6.07) is 1.50. The van der Waals surface area contributed by atoms with E-state index in [1.54, 1.807) is 12.5 Å². The average molecular weight is 195 g/mol. The Balaban J connectivity index is 2.04. The Bertz CT molecular complexity index is 307. The van der Waals surface area contributed by atoms with Gasteiger partial charge in [0.2, 0.25) is 0 Å². The molecule has 2 heterocycles. The molecular weight excluding hydrogens is 182 g/mol. The summed E-state index contributed by atoms with van der Waals surface area (Å²) >= 11 is 0. The first kappa shape index (κ1) is 9.27. The van der Waals surface area contributed by atoms with Gasteiger partial charge in [-0.25, -0.2) is 0 Å².